The van der Waals surface area contributed by atoms with Crippen molar-refractivity contribution in [2.75, 3.05) is 26.2 Å². The van der Waals surface area contributed by atoms with E-state index in [0.29, 0.717) is 62.9 Å². The van der Waals surface area contributed by atoms with Crippen LogP contribution in [0.5, 0.6) is 5.75 Å². The molecular formula is C42H48F3N3O6S. The smallest absolute Gasteiger partial charge is 0.416 e. The average molecular weight is 780 g/mol. The number of carbonyl (C=O) groups is 2. The van der Waals surface area contributed by atoms with Crippen LogP contribution >= 0.6 is 0 Å². The minimum atomic E-state index is -4.48. The van der Waals surface area contributed by atoms with E-state index in [1.165, 1.54) is 21.8 Å². The summed E-state index contributed by atoms with van der Waals surface area (Å²) in [6.45, 7) is 8.78. The number of rotatable bonds is 8. The van der Waals surface area contributed by atoms with Crippen molar-refractivity contribution in [2.45, 2.75) is 84.6 Å². The van der Waals surface area contributed by atoms with E-state index in [2.05, 4.69) is 5.32 Å². The fourth-order valence-electron chi connectivity index (χ4n) is 7.70. The van der Waals surface area contributed by atoms with Crippen LogP contribution in [0, 0.1) is 19.3 Å². The molecule has 3 heterocycles. The van der Waals surface area contributed by atoms with E-state index in [1.54, 1.807) is 36.1 Å². The van der Waals surface area contributed by atoms with E-state index in [-0.39, 0.29) is 37.3 Å². The van der Waals surface area contributed by atoms with Crippen molar-refractivity contribution in [1.29, 1.82) is 0 Å². The van der Waals surface area contributed by atoms with Gasteiger partial charge in [0.2, 0.25) is 15.9 Å². The molecule has 0 bridgehead atoms. The molecule has 13 heteroatoms. The summed E-state index contributed by atoms with van der Waals surface area (Å²) in [7, 11) is -3.81. The van der Waals surface area contributed by atoms with Crippen LogP contribution in [0.3, 0.4) is 0 Å². The summed E-state index contributed by atoms with van der Waals surface area (Å²) in [6, 6.07) is 15.6. The van der Waals surface area contributed by atoms with Crippen LogP contribution in [0.1, 0.15) is 96.1 Å². The molecule has 0 radical (unpaired) electrons. The van der Waals surface area contributed by atoms with Gasteiger partial charge in [0.05, 0.1) is 16.6 Å². The van der Waals surface area contributed by atoms with E-state index in [0.717, 1.165) is 45.5 Å². The molecule has 0 saturated carbocycles. The number of hydrogen-bond donors (Lipinski definition) is 2. The van der Waals surface area contributed by atoms with Gasteiger partial charge in [0.1, 0.15) is 12.4 Å². The highest BCUT2D eigenvalue weighted by molar-refractivity contribution is 7.92. The Morgan fingerprint density at radius 2 is 1.58 bits per heavy atom. The first kappa shape index (κ1) is 40.2. The zero-order valence-corrected chi connectivity index (χ0v) is 32.4. The normalized spacial score (nSPS) is 19.4. The van der Waals surface area contributed by atoms with Gasteiger partial charge in [-0.2, -0.15) is 17.5 Å². The van der Waals surface area contributed by atoms with Crippen molar-refractivity contribution in [2.24, 2.45) is 5.41 Å². The Morgan fingerprint density at radius 3 is 2.24 bits per heavy atom. The summed E-state index contributed by atoms with van der Waals surface area (Å²) in [5.41, 5.74) is 3.62. The fourth-order valence-corrected chi connectivity index (χ4v) is 8.87. The summed E-state index contributed by atoms with van der Waals surface area (Å²) in [4.78, 5) is 28.8. The molecule has 294 valence electrons. The third kappa shape index (κ3) is 9.16. The first-order valence-corrected chi connectivity index (χ1v) is 20.1. The number of hydrogen-bond acceptors (Lipinski definition) is 6. The molecule has 0 unspecified atom stereocenters. The molecule has 2 amide bonds. The maximum Gasteiger partial charge on any atom is 0.416 e. The predicted octanol–water partition coefficient (Wildman–Crippen LogP) is 7.61. The lowest BCUT2D eigenvalue weighted by Crippen LogP contribution is -2.48. The highest BCUT2D eigenvalue weighted by atomic mass is 32.2. The van der Waals surface area contributed by atoms with Crippen molar-refractivity contribution in [3.05, 3.63) is 111 Å². The first-order valence-electron chi connectivity index (χ1n) is 18.6. The molecule has 3 aliphatic heterocycles. The number of benzene rings is 3. The number of ether oxygens (including phenoxy) is 1. The lowest BCUT2D eigenvalue weighted by molar-refractivity contribution is -0.137. The van der Waals surface area contributed by atoms with E-state index in [1.807, 2.05) is 39.0 Å². The molecule has 3 aliphatic rings. The number of piperidine rings is 2. The second-order valence-corrected chi connectivity index (χ2v) is 17.3. The Labute approximate surface area is 320 Å². The molecule has 3 aromatic carbocycles. The van der Waals surface area contributed by atoms with Crippen LogP contribution in [0.2, 0.25) is 0 Å². The standard InChI is InChI=1S/C42H48F3N3O6S/c1-28-11-13-41(39(50)46-37(28)32-8-5-7-31(25-32)27-54-35-10-6-9-34(26-35)42(43,44)45)16-20-48(21-17-41)55(52,53)22-12-36-29(2)23-33(24-30(36)3)38(49)47-18-14-40(4,51)15-19-47/h5-10,12,22-26,51H,11,13-21,27H2,1-4H3,(H,46,50)/b22-12+. The van der Waals surface area contributed by atoms with Crippen molar-refractivity contribution >= 4 is 33.6 Å². The highest BCUT2D eigenvalue weighted by Gasteiger charge is 2.44. The molecule has 2 fully saturated rings. The molecule has 55 heavy (non-hydrogen) atoms. The second-order valence-electron chi connectivity index (χ2n) is 15.5. The number of halogens is 3. The minimum Gasteiger partial charge on any atom is -0.489 e. The molecule has 0 atom stereocenters. The van der Waals surface area contributed by atoms with Crippen molar-refractivity contribution in [1.82, 2.24) is 14.5 Å². The van der Waals surface area contributed by atoms with Crippen molar-refractivity contribution in [3.63, 3.8) is 0 Å². The molecule has 1 spiro atoms. The van der Waals surface area contributed by atoms with Gasteiger partial charge in [0.25, 0.3) is 5.91 Å². The lowest BCUT2D eigenvalue weighted by Gasteiger charge is -2.39. The van der Waals surface area contributed by atoms with Crippen molar-refractivity contribution in [3.8, 4) is 5.75 Å². The number of aliphatic hydroxyl groups is 1. The van der Waals surface area contributed by atoms with Gasteiger partial charge < -0.3 is 20.1 Å². The van der Waals surface area contributed by atoms with Gasteiger partial charge in [-0.05, 0) is 142 Å². The van der Waals surface area contributed by atoms with Crippen LogP contribution < -0.4 is 10.1 Å². The molecule has 2 N–H and O–H groups in total. The second kappa shape index (κ2) is 15.6. The number of nitrogens with one attached hydrogen (secondary N) is 1. The Balaban J connectivity index is 1.07. The van der Waals surface area contributed by atoms with E-state index in [4.69, 9.17) is 4.74 Å². The number of alkyl halides is 3. The van der Waals surface area contributed by atoms with Gasteiger partial charge in [0.15, 0.2) is 0 Å². The molecule has 3 aromatic rings. The maximum absolute atomic E-state index is 13.9. The molecule has 9 nitrogen and oxygen atoms in total. The maximum atomic E-state index is 13.9. The van der Waals surface area contributed by atoms with Gasteiger partial charge in [0, 0.05) is 42.8 Å². The van der Waals surface area contributed by atoms with Gasteiger partial charge in [-0.15, -0.1) is 0 Å². The van der Waals surface area contributed by atoms with Gasteiger partial charge >= 0.3 is 6.18 Å². The number of aryl methyl sites for hydroxylation is 2. The van der Waals surface area contributed by atoms with E-state index in [9.17, 15) is 36.3 Å². The summed E-state index contributed by atoms with van der Waals surface area (Å²) in [5.74, 6) is -0.168. The van der Waals surface area contributed by atoms with Crippen LogP contribution in [-0.2, 0) is 27.6 Å². The summed E-state index contributed by atoms with van der Waals surface area (Å²) in [6.07, 6.45) is 0.0387. The predicted molar refractivity (Wildman–Crippen MR) is 205 cm³/mol. The number of carbonyl (C=O) groups excluding carboxylic acids is 2. The number of likely N-dealkylation sites (tertiary alicyclic amines) is 1. The molecule has 6 rings (SSSR count). The number of nitrogens with zero attached hydrogens (tertiary/aromatic N) is 2. The topological polar surface area (TPSA) is 116 Å². The van der Waals surface area contributed by atoms with Crippen LogP contribution in [0.4, 0.5) is 13.2 Å². The van der Waals surface area contributed by atoms with Gasteiger partial charge in [-0.3, -0.25) is 9.59 Å². The Kier molecular flexibility index (Phi) is 11.4. The van der Waals surface area contributed by atoms with Crippen molar-refractivity contribution < 1.29 is 41.0 Å². The van der Waals surface area contributed by atoms with Crippen LogP contribution in [0.25, 0.3) is 11.8 Å². The lowest BCUT2D eigenvalue weighted by atomic mass is 9.74. The van der Waals surface area contributed by atoms with Crippen LogP contribution in [0.15, 0.2) is 71.6 Å². The van der Waals surface area contributed by atoms with E-state index < -0.39 is 32.8 Å². The number of allylic oxidation sites excluding steroid dienone is 1. The zero-order chi connectivity index (χ0) is 39.8. The minimum absolute atomic E-state index is 0.0344. The summed E-state index contributed by atoms with van der Waals surface area (Å²) >= 11 is 0. The molecular weight excluding hydrogens is 732 g/mol. The van der Waals surface area contributed by atoms with Crippen LogP contribution in [-0.4, -0.2) is 66.3 Å². The molecule has 0 aromatic heterocycles. The number of amides is 2. The van der Waals surface area contributed by atoms with E-state index >= 15 is 0 Å². The SMILES string of the molecule is CC1=C(c2cccc(COc3cccc(C(F)(F)F)c3)c2)NC(=O)C2(CC1)CCN(S(=O)(=O)/C=C/c1c(C)cc(C(=O)N3CCC(C)(O)CC3)cc1C)CC2. The van der Waals surface area contributed by atoms with Gasteiger partial charge in [-0.1, -0.05) is 24.3 Å². The molecule has 2 saturated heterocycles. The monoisotopic (exact) mass is 779 g/mol. The third-order valence-corrected chi connectivity index (χ3v) is 12.9. The largest absolute Gasteiger partial charge is 0.489 e. The number of sulfonamides is 1. The zero-order valence-electron chi connectivity index (χ0n) is 31.6. The highest BCUT2D eigenvalue weighted by Crippen LogP contribution is 2.42. The Morgan fingerprint density at radius 1 is 0.927 bits per heavy atom. The molecule has 0 aliphatic carbocycles. The average Bonchev–Trinajstić information content (AvgIpc) is 3.25. The third-order valence-electron chi connectivity index (χ3n) is 11.3. The first-order chi connectivity index (χ1) is 25.9. The Bertz CT molecular complexity index is 2100. The quantitative estimate of drug-likeness (QED) is 0.243. The van der Waals surface area contributed by atoms with Gasteiger partial charge in [-0.25, -0.2) is 8.42 Å². The fraction of sp³-hybridized carbons (Fsp3) is 0.429. The summed E-state index contributed by atoms with van der Waals surface area (Å²) in [5, 5.41) is 14.6. The summed E-state index contributed by atoms with van der Waals surface area (Å²) < 4.78 is 73.7. The Hall–Kier alpha value is -4.46.